The molecule has 2 heteroatoms. The number of rotatable bonds is 1. The third kappa shape index (κ3) is 2.55. The number of hydrogen-bond acceptors (Lipinski definition) is 1. The molecule has 12 heavy (non-hydrogen) atoms. The molecule has 1 nitrogen and oxygen atoms in total. The van der Waals surface area contributed by atoms with Crippen LogP contribution in [0.3, 0.4) is 0 Å². The Kier molecular flexibility index (Phi) is 5.05. The third-order valence-corrected chi connectivity index (χ3v) is 1.51. The average molecular weight is 232 g/mol. The van der Waals surface area contributed by atoms with E-state index in [9.17, 15) is 4.79 Å². The van der Waals surface area contributed by atoms with Crippen molar-refractivity contribution in [3.8, 4) is 12.3 Å². The zero-order chi connectivity index (χ0) is 8.27. The molecule has 0 aliphatic heterocycles. The Hall–Kier alpha value is -0.446. The van der Waals surface area contributed by atoms with Gasteiger partial charge in [0.15, 0.2) is 0 Å². The summed E-state index contributed by atoms with van der Waals surface area (Å²) in [5.74, 6) is 2.45. The molecule has 57 valence electrons. The Labute approximate surface area is 97.4 Å². The predicted molar refractivity (Wildman–Crippen MR) is 43.9 cm³/mol. The molecule has 1 rings (SSSR count). The first kappa shape index (κ1) is 11.6. The zero-order valence-electron chi connectivity index (χ0n) is 6.79. The van der Waals surface area contributed by atoms with Crippen LogP contribution in [0, 0.1) is 19.3 Å². The van der Waals surface area contributed by atoms with Crippen molar-refractivity contribution in [3.63, 3.8) is 0 Å². The number of benzene rings is 1. The Morgan fingerprint density at radius 3 is 2.67 bits per heavy atom. The SMILES string of the molecule is C#Cc1ccc(C)c([C-]=O)c1.[Y]. The molecule has 1 radical (unpaired) electrons. The van der Waals surface area contributed by atoms with Crippen LogP contribution in [-0.2, 0) is 37.5 Å². The molecule has 0 spiro atoms. The topological polar surface area (TPSA) is 17.1 Å². The van der Waals surface area contributed by atoms with Gasteiger partial charge in [-0.15, -0.1) is 29.7 Å². The Balaban J connectivity index is 0.00000121. The zero-order valence-corrected chi connectivity index (χ0v) is 9.63. The van der Waals surface area contributed by atoms with Crippen LogP contribution in [0.25, 0.3) is 0 Å². The molecule has 0 atom stereocenters. The quantitative estimate of drug-likeness (QED) is 0.528. The molecule has 0 saturated heterocycles. The van der Waals surface area contributed by atoms with Crippen LogP contribution < -0.4 is 0 Å². The van der Waals surface area contributed by atoms with Crippen molar-refractivity contribution in [3.05, 3.63) is 34.9 Å². The Morgan fingerprint density at radius 2 is 2.17 bits per heavy atom. The van der Waals surface area contributed by atoms with Crippen molar-refractivity contribution in [1.29, 1.82) is 0 Å². The van der Waals surface area contributed by atoms with Gasteiger partial charge in [0.25, 0.3) is 0 Å². The first-order valence-corrected chi connectivity index (χ1v) is 3.23. The van der Waals surface area contributed by atoms with Crippen molar-refractivity contribution < 1.29 is 37.5 Å². The maximum atomic E-state index is 10.3. The molecule has 0 aliphatic carbocycles. The van der Waals surface area contributed by atoms with E-state index in [4.69, 9.17) is 6.42 Å². The van der Waals surface area contributed by atoms with Crippen LogP contribution in [0.15, 0.2) is 18.2 Å². The second-order valence-electron chi connectivity index (χ2n) is 2.28. The fourth-order valence-electron chi connectivity index (χ4n) is 0.822. The number of hydrogen-bond donors (Lipinski definition) is 0. The molecule has 0 heterocycles. The van der Waals surface area contributed by atoms with Crippen LogP contribution in [0.1, 0.15) is 16.7 Å². The van der Waals surface area contributed by atoms with E-state index >= 15 is 0 Å². The summed E-state index contributed by atoms with van der Waals surface area (Å²) in [6.07, 6.45) is 6.97. The number of terminal acetylenes is 1. The van der Waals surface area contributed by atoms with E-state index in [1.54, 1.807) is 12.1 Å². The van der Waals surface area contributed by atoms with E-state index in [0.29, 0.717) is 11.1 Å². The largest absolute Gasteiger partial charge is 0.376 e. The summed E-state index contributed by atoms with van der Waals surface area (Å²) in [6, 6.07) is 5.27. The van der Waals surface area contributed by atoms with E-state index in [2.05, 4.69) is 5.92 Å². The fourth-order valence-corrected chi connectivity index (χ4v) is 0.822. The second-order valence-corrected chi connectivity index (χ2v) is 2.28. The summed E-state index contributed by atoms with van der Waals surface area (Å²) in [7, 11) is 0. The average Bonchev–Trinajstić information content (AvgIpc) is 2.05. The molecule has 0 N–H and O–H groups in total. The maximum absolute atomic E-state index is 10.3. The van der Waals surface area contributed by atoms with E-state index in [-0.39, 0.29) is 32.7 Å². The van der Waals surface area contributed by atoms with Crippen molar-refractivity contribution >= 4 is 6.29 Å². The molecule has 0 amide bonds. The van der Waals surface area contributed by atoms with Gasteiger partial charge in [0.1, 0.15) is 0 Å². The Morgan fingerprint density at radius 1 is 1.50 bits per heavy atom. The van der Waals surface area contributed by atoms with Gasteiger partial charge in [-0.2, -0.15) is 0 Å². The molecule has 1 aromatic carbocycles. The minimum Gasteiger partial charge on any atom is -0.376 e. The fraction of sp³-hybridized carbons (Fsp3) is 0.100. The van der Waals surface area contributed by atoms with Crippen LogP contribution in [0.2, 0.25) is 0 Å². The maximum Gasteiger partial charge on any atom is 0.0630 e. The molecular weight excluding hydrogens is 225 g/mol. The van der Waals surface area contributed by atoms with E-state index in [1.165, 1.54) is 0 Å². The minimum absolute atomic E-state index is 0. The van der Waals surface area contributed by atoms with Crippen molar-refractivity contribution in [2.45, 2.75) is 6.92 Å². The minimum atomic E-state index is 0. The van der Waals surface area contributed by atoms with E-state index in [0.717, 1.165) is 5.56 Å². The second kappa shape index (κ2) is 5.24. The monoisotopic (exact) mass is 232 g/mol. The molecule has 0 aliphatic rings. The van der Waals surface area contributed by atoms with Gasteiger partial charge in [-0.25, -0.2) is 0 Å². The van der Waals surface area contributed by atoms with Gasteiger partial charge in [0.05, 0.1) is 6.29 Å². The summed E-state index contributed by atoms with van der Waals surface area (Å²) >= 11 is 0. The van der Waals surface area contributed by atoms with Crippen LogP contribution in [0.5, 0.6) is 0 Å². The van der Waals surface area contributed by atoms with Gasteiger partial charge in [0.2, 0.25) is 0 Å². The molecule has 0 unspecified atom stereocenters. The van der Waals surface area contributed by atoms with Crippen molar-refractivity contribution in [2.24, 2.45) is 0 Å². The Bertz CT molecular complexity index is 323. The molecular formula is C10H7OY-. The first-order chi connectivity index (χ1) is 5.27. The summed E-state index contributed by atoms with van der Waals surface area (Å²) in [6.45, 7) is 1.85. The van der Waals surface area contributed by atoms with Gasteiger partial charge in [-0.3, -0.25) is 0 Å². The standard InChI is InChI=1S/C10H7O.Y/c1-3-9-5-4-8(2)10(6-9)7-11;/h1,4-6H,2H3;/q-1;. The molecule has 0 aromatic heterocycles. The van der Waals surface area contributed by atoms with E-state index < -0.39 is 0 Å². The van der Waals surface area contributed by atoms with Gasteiger partial charge in [-0.05, 0) is 5.56 Å². The predicted octanol–water partition coefficient (Wildman–Crippen LogP) is 1.43. The summed E-state index contributed by atoms with van der Waals surface area (Å²) in [4.78, 5) is 10.3. The van der Waals surface area contributed by atoms with Crippen molar-refractivity contribution in [1.82, 2.24) is 0 Å². The normalized spacial score (nSPS) is 8.00. The molecule has 0 fully saturated rings. The smallest absolute Gasteiger partial charge is 0.0630 e. The molecule has 0 bridgehead atoms. The summed E-state index contributed by atoms with van der Waals surface area (Å²) in [5, 5.41) is 0. The van der Waals surface area contributed by atoms with Gasteiger partial charge in [-0.1, -0.05) is 18.9 Å². The van der Waals surface area contributed by atoms with E-state index in [1.807, 2.05) is 19.3 Å². The summed E-state index contributed by atoms with van der Waals surface area (Å²) in [5.41, 5.74) is 2.16. The summed E-state index contributed by atoms with van der Waals surface area (Å²) < 4.78 is 0. The van der Waals surface area contributed by atoms with Gasteiger partial charge < -0.3 is 4.79 Å². The molecule has 0 saturated carbocycles. The van der Waals surface area contributed by atoms with Gasteiger partial charge >= 0.3 is 0 Å². The number of aryl methyl sites for hydroxylation is 1. The third-order valence-electron chi connectivity index (χ3n) is 1.51. The van der Waals surface area contributed by atoms with Crippen LogP contribution in [0.4, 0.5) is 0 Å². The van der Waals surface area contributed by atoms with Gasteiger partial charge in [0, 0.05) is 32.7 Å². The van der Waals surface area contributed by atoms with Crippen LogP contribution in [-0.4, -0.2) is 6.29 Å². The van der Waals surface area contributed by atoms with Crippen LogP contribution >= 0.6 is 0 Å². The number of carbonyl (C=O) groups excluding carboxylic acids is 1. The molecule has 1 aromatic rings. The first-order valence-electron chi connectivity index (χ1n) is 3.23. The van der Waals surface area contributed by atoms with Crippen molar-refractivity contribution in [2.75, 3.05) is 0 Å².